The molecule has 9 heteroatoms. The molecule has 0 radical (unpaired) electrons. The molecule has 2 amide bonds. The van der Waals surface area contributed by atoms with Crippen molar-refractivity contribution in [3.63, 3.8) is 0 Å². The number of amides is 2. The number of aromatic nitrogens is 3. The molecule has 9 nitrogen and oxygen atoms in total. The number of hydrogen-bond donors (Lipinski definition) is 2. The first-order valence-electron chi connectivity index (χ1n) is 10.4. The number of fused-ring (bicyclic) bond motifs is 1. The Labute approximate surface area is 191 Å². The van der Waals surface area contributed by atoms with Crippen LogP contribution in [0.25, 0.3) is 22.6 Å². The van der Waals surface area contributed by atoms with Gasteiger partial charge in [-0.2, -0.15) is 0 Å². The van der Waals surface area contributed by atoms with Gasteiger partial charge in [-0.3, -0.25) is 0 Å². The minimum Gasteiger partial charge on any atom is -0.493 e. The quantitative estimate of drug-likeness (QED) is 0.424. The van der Waals surface area contributed by atoms with Crippen LogP contribution >= 0.6 is 0 Å². The first-order valence-corrected chi connectivity index (χ1v) is 10.4. The topological polar surface area (TPSA) is 99.5 Å². The minimum absolute atomic E-state index is 0.358. The van der Waals surface area contributed by atoms with Crippen molar-refractivity contribution in [2.45, 2.75) is 6.54 Å². The van der Waals surface area contributed by atoms with E-state index in [-0.39, 0.29) is 6.03 Å². The van der Waals surface area contributed by atoms with Gasteiger partial charge in [-0.1, -0.05) is 30.3 Å². The van der Waals surface area contributed by atoms with Crippen LogP contribution in [-0.4, -0.2) is 48.4 Å². The number of rotatable bonds is 8. The van der Waals surface area contributed by atoms with E-state index in [1.807, 2.05) is 47.0 Å². The summed E-state index contributed by atoms with van der Waals surface area (Å²) >= 11 is 0. The Hall–Kier alpha value is -4.27. The Kier molecular flexibility index (Phi) is 6.58. The summed E-state index contributed by atoms with van der Waals surface area (Å²) in [5.41, 5.74) is 3.07. The lowest BCUT2D eigenvalue weighted by Gasteiger charge is -2.15. The molecular formula is C24H25N5O4. The number of nitrogens with zero attached hydrogens (tertiary/aromatic N) is 3. The number of benzene rings is 2. The summed E-state index contributed by atoms with van der Waals surface area (Å²) in [6.07, 6.45) is 1.74. The van der Waals surface area contributed by atoms with E-state index in [1.54, 1.807) is 18.3 Å². The molecule has 0 saturated carbocycles. The Morgan fingerprint density at radius 1 is 0.970 bits per heavy atom. The number of methoxy groups -OCH3 is 3. The zero-order valence-corrected chi connectivity index (χ0v) is 18.7. The van der Waals surface area contributed by atoms with Crippen LogP contribution in [0.1, 0.15) is 0 Å². The standard InChI is InChI=1S/C24H25N5O4/c1-31-19-14-17(15-20(32-2)21(19)33-3)27-24(30)26-12-13-29-22(16-8-5-4-6-9-16)28-18-10-7-11-25-23(18)29/h4-11,14-15H,12-13H2,1-3H3,(H2,26,27,30). The Morgan fingerprint density at radius 2 is 1.70 bits per heavy atom. The van der Waals surface area contributed by atoms with Crippen LogP contribution in [0.2, 0.25) is 0 Å². The van der Waals surface area contributed by atoms with E-state index in [0.29, 0.717) is 36.0 Å². The highest BCUT2D eigenvalue weighted by molar-refractivity contribution is 5.90. The van der Waals surface area contributed by atoms with Crippen LogP contribution < -0.4 is 24.8 Å². The number of carbonyl (C=O) groups excluding carboxylic acids is 1. The lowest BCUT2D eigenvalue weighted by Crippen LogP contribution is -2.31. The second-order valence-corrected chi connectivity index (χ2v) is 7.09. The molecule has 0 aliphatic rings. The average Bonchev–Trinajstić information content (AvgIpc) is 3.22. The van der Waals surface area contributed by atoms with E-state index < -0.39 is 0 Å². The van der Waals surface area contributed by atoms with Gasteiger partial charge in [-0.15, -0.1) is 0 Å². The maximum atomic E-state index is 12.5. The van der Waals surface area contributed by atoms with Gasteiger partial charge in [0.1, 0.15) is 11.3 Å². The molecule has 4 aromatic rings. The fourth-order valence-electron chi connectivity index (χ4n) is 3.59. The Bertz CT molecular complexity index is 1230. The third kappa shape index (κ3) is 4.67. The number of ether oxygens (including phenoxy) is 3. The molecule has 2 heterocycles. The number of anilines is 1. The first-order chi connectivity index (χ1) is 16.1. The van der Waals surface area contributed by atoms with Crippen LogP contribution in [0.15, 0.2) is 60.8 Å². The van der Waals surface area contributed by atoms with Gasteiger partial charge in [-0.05, 0) is 12.1 Å². The van der Waals surface area contributed by atoms with Gasteiger partial charge in [0.05, 0.1) is 27.0 Å². The molecule has 0 aliphatic carbocycles. The van der Waals surface area contributed by atoms with E-state index in [4.69, 9.17) is 19.2 Å². The van der Waals surface area contributed by atoms with Crippen molar-refractivity contribution in [3.05, 3.63) is 60.8 Å². The molecule has 2 aromatic carbocycles. The second-order valence-electron chi connectivity index (χ2n) is 7.09. The molecule has 33 heavy (non-hydrogen) atoms. The van der Waals surface area contributed by atoms with E-state index >= 15 is 0 Å². The Morgan fingerprint density at radius 3 is 2.36 bits per heavy atom. The third-order valence-electron chi connectivity index (χ3n) is 5.08. The average molecular weight is 447 g/mol. The van der Waals surface area contributed by atoms with Crippen LogP contribution in [0.5, 0.6) is 17.2 Å². The molecular weight excluding hydrogens is 422 g/mol. The highest BCUT2D eigenvalue weighted by Crippen LogP contribution is 2.39. The van der Waals surface area contributed by atoms with Crippen LogP contribution in [0, 0.1) is 0 Å². The van der Waals surface area contributed by atoms with Crippen molar-refractivity contribution < 1.29 is 19.0 Å². The zero-order chi connectivity index (χ0) is 23.2. The molecule has 0 spiro atoms. The number of pyridine rings is 1. The van der Waals surface area contributed by atoms with Crippen LogP contribution in [0.4, 0.5) is 10.5 Å². The van der Waals surface area contributed by atoms with Crippen molar-refractivity contribution in [1.82, 2.24) is 19.9 Å². The van der Waals surface area contributed by atoms with Gasteiger partial charge in [0.25, 0.3) is 0 Å². The van der Waals surface area contributed by atoms with Crippen LogP contribution in [-0.2, 0) is 6.54 Å². The number of nitrogens with one attached hydrogen (secondary N) is 2. The Balaban J connectivity index is 1.48. The maximum Gasteiger partial charge on any atom is 0.319 e. The largest absolute Gasteiger partial charge is 0.493 e. The normalized spacial score (nSPS) is 10.6. The van der Waals surface area contributed by atoms with E-state index in [0.717, 1.165) is 22.6 Å². The maximum absolute atomic E-state index is 12.5. The summed E-state index contributed by atoms with van der Waals surface area (Å²) in [4.78, 5) is 21.8. The van der Waals surface area contributed by atoms with Gasteiger partial charge in [0.2, 0.25) is 5.75 Å². The lowest BCUT2D eigenvalue weighted by atomic mass is 10.2. The van der Waals surface area contributed by atoms with Crippen LogP contribution in [0.3, 0.4) is 0 Å². The van der Waals surface area contributed by atoms with Crippen molar-refractivity contribution >= 4 is 22.9 Å². The fraction of sp³-hybridized carbons (Fsp3) is 0.208. The summed E-state index contributed by atoms with van der Waals surface area (Å²) in [7, 11) is 4.57. The number of urea groups is 1. The molecule has 0 unspecified atom stereocenters. The van der Waals surface area contributed by atoms with Crippen molar-refractivity contribution in [1.29, 1.82) is 0 Å². The van der Waals surface area contributed by atoms with Crippen molar-refractivity contribution in [3.8, 4) is 28.6 Å². The molecule has 0 fully saturated rings. The monoisotopic (exact) mass is 447 g/mol. The number of imidazole rings is 1. The molecule has 4 rings (SSSR count). The summed E-state index contributed by atoms with van der Waals surface area (Å²) in [5, 5.41) is 5.68. The molecule has 0 atom stereocenters. The molecule has 2 aromatic heterocycles. The number of hydrogen-bond acceptors (Lipinski definition) is 6. The van der Waals surface area contributed by atoms with Gasteiger partial charge >= 0.3 is 6.03 Å². The van der Waals surface area contributed by atoms with Gasteiger partial charge in [0, 0.05) is 37.0 Å². The van der Waals surface area contributed by atoms with E-state index in [1.165, 1.54) is 21.3 Å². The first kappa shape index (κ1) is 21.9. The van der Waals surface area contributed by atoms with E-state index in [2.05, 4.69) is 15.6 Å². The van der Waals surface area contributed by atoms with Gasteiger partial charge in [-0.25, -0.2) is 14.8 Å². The summed E-state index contributed by atoms with van der Waals surface area (Å²) in [6, 6.07) is 16.7. The second kappa shape index (κ2) is 9.90. The third-order valence-corrected chi connectivity index (χ3v) is 5.08. The van der Waals surface area contributed by atoms with Crippen molar-refractivity contribution in [2.24, 2.45) is 0 Å². The predicted molar refractivity (Wildman–Crippen MR) is 126 cm³/mol. The van der Waals surface area contributed by atoms with Gasteiger partial charge in [0.15, 0.2) is 17.1 Å². The summed E-state index contributed by atoms with van der Waals surface area (Å²) in [6.45, 7) is 0.874. The smallest absolute Gasteiger partial charge is 0.319 e. The zero-order valence-electron chi connectivity index (χ0n) is 18.7. The highest BCUT2D eigenvalue weighted by atomic mass is 16.5. The molecule has 0 bridgehead atoms. The SMILES string of the molecule is COc1cc(NC(=O)NCCn2c(-c3ccccc3)nc3cccnc32)cc(OC)c1OC. The van der Waals surface area contributed by atoms with Crippen molar-refractivity contribution in [2.75, 3.05) is 33.2 Å². The predicted octanol–water partition coefficient (Wildman–Crippen LogP) is 3.95. The lowest BCUT2D eigenvalue weighted by molar-refractivity contribution is 0.251. The molecule has 2 N–H and O–H groups in total. The fourth-order valence-corrected chi connectivity index (χ4v) is 3.59. The van der Waals surface area contributed by atoms with E-state index in [9.17, 15) is 4.79 Å². The minimum atomic E-state index is -0.358. The molecule has 0 aliphatic heterocycles. The molecule has 170 valence electrons. The highest BCUT2D eigenvalue weighted by Gasteiger charge is 2.16. The summed E-state index contributed by atoms with van der Waals surface area (Å²) < 4.78 is 18.0. The number of carbonyl (C=O) groups is 1. The molecule has 0 saturated heterocycles. The van der Waals surface area contributed by atoms with Gasteiger partial charge < -0.3 is 29.4 Å². The summed E-state index contributed by atoms with van der Waals surface area (Å²) in [5.74, 6) is 2.17.